The number of rotatable bonds is 6. The van der Waals surface area contributed by atoms with Crippen LogP contribution in [0.1, 0.15) is 38.8 Å². The zero-order valence-electron chi connectivity index (χ0n) is 18.8. The smallest absolute Gasteiger partial charge is 0.248 e. The van der Waals surface area contributed by atoms with E-state index in [-0.39, 0.29) is 31.2 Å². The fourth-order valence-electron chi connectivity index (χ4n) is 4.15. The molecule has 0 bridgehead atoms. The minimum atomic E-state index is -0.770. The van der Waals surface area contributed by atoms with Crippen molar-refractivity contribution in [1.29, 1.82) is 0 Å². The molecule has 172 valence electrons. The molecule has 2 heterocycles. The molecule has 3 amide bonds. The van der Waals surface area contributed by atoms with E-state index in [4.69, 9.17) is 5.73 Å². The van der Waals surface area contributed by atoms with E-state index in [2.05, 4.69) is 15.6 Å². The van der Waals surface area contributed by atoms with Gasteiger partial charge >= 0.3 is 0 Å². The number of aliphatic hydroxyl groups is 1. The van der Waals surface area contributed by atoms with Crippen molar-refractivity contribution in [2.75, 3.05) is 13.6 Å². The fourth-order valence-corrected chi connectivity index (χ4v) is 4.15. The SMILES string of the molecule is CNC(=O)C1CC(O)CN1C(=O)[C@@H](n1cc(-c2ccccc2CC(N)=O)nn1)C(C)(C)C. The number of carbonyl (C=O) groups is 3. The fraction of sp³-hybridized carbons (Fsp3) is 0.500. The molecule has 10 nitrogen and oxygen atoms in total. The summed E-state index contributed by atoms with van der Waals surface area (Å²) in [5.41, 5.74) is 6.74. The third kappa shape index (κ3) is 4.80. The zero-order valence-corrected chi connectivity index (χ0v) is 18.8. The van der Waals surface area contributed by atoms with Crippen LogP contribution in [-0.2, 0) is 20.8 Å². The van der Waals surface area contributed by atoms with E-state index < -0.39 is 29.5 Å². The number of amides is 3. The highest BCUT2D eigenvalue weighted by Gasteiger charge is 2.45. The van der Waals surface area contributed by atoms with Crippen molar-refractivity contribution in [3.05, 3.63) is 36.0 Å². The molecule has 2 unspecified atom stereocenters. The number of likely N-dealkylation sites (tertiary alicyclic amines) is 1. The molecule has 1 saturated heterocycles. The van der Waals surface area contributed by atoms with Crippen LogP contribution in [0.25, 0.3) is 11.3 Å². The molecule has 0 saturated carbocycles. The van der Waals surface area contributed by atoms with E-state index in [9.17, 15) is 19.5 Å². The van der Waals surface area contributed by atoms with E-state index in [1.807, 2.05) is 39.0 Å². The molecule has 1 fully saturated rings. The first-order chi connectivity index (χ1) is 15.0. The maximum atomic E-state index is 13.6. The van der Waals surface area contributed by atoms with Crippen LogP contribution in [0.15, 0.2) is 30.5 Å². The minimum Gasteiger partial charge on any atom is -0.391 e. The van der Waals surface area contributed by atoms with Crippen molar-refractivity contribution in [1.82, 2.24) is 25.2 Å². The van der Waals surface area contributed by atoms with Crippen LogP contribution in [0.4, 0.5) is 0 Å². The van der Waals surface area contributed by atoms with Crippen LogP contribution in [-0.4, -0.2) is 68.5 Å². The second-order valence-electron chi connectivity index (χ2n) is 9.16. The summed E-state index contributed by atoms with van der Waals surface area (Å²) < 4.78 is 1.49. The quantitative estimate of drug-likeness (QED) is 0.586. The number of carbonyl (C=O) groups excluding carboxylic acids is 3. The number of aromatic nitrogens is 3. The van der Waals surface area contributed by atoms with Gasteiger partial charge in [-0.2, -0.15) is 0 Å². The first-order valence-corrected chi connectivity index (χ1v) is 10.5. The van der Waals surface area contributed by atoms with Crippen LogP contribution in [0.2, 0.25) is 0 Å². The number of nitrogens with zero attached hydrogens (tertiary/aromatic N) is 4. The second kappa shape index (κ2) is 9.07. The molecule has 1 aliphatic heterocycles. The molecule has 4 N–H and O–H groups in total. The normalized spacial score (nSPS) is 19.6. The summed E-state index contributed by atoms with van der Waals surface area (Å²) in [7, 11) is 1.50. The molecular weight excluding hydrogens is 412 g/mol. The number of aliphatic hydroxyl groups excluding tert-OH is 1. The number of β-amino-alcohol motifs (C(OH)–C–C–N with tert-alkyl or cyclic N) is 1. The second-order valence-corrected chi connectivity index (χ2v) is 9.16. The lowest BCUT2D eigenvalue weighted by Crippen LogP contribution is -2.49. The minimum absolute atomic E-state index is 0.0597. The highest BCUT2D eigenvalue weighted by atomic mass is 16.3. The standard InChI is InChI=1S/C22H30N6O4/c1-22(2,3)19(21(32)27-11-14(29)10-17(27)20(31)24-4)28-12-16(25-26-28)15-8-6-5-7-13(15)9-18(23)30/h5-8,12,14,17,19,29H,9-11H2,1-4H3,(H2,23,30)(H,24,31)/t14?,17?,19-/m1/s1. The Labute approximate surface area is 186 Å². The van der Waals surface area contributed by atoms with E-state index in [1.54, 1.807) is 12.3 Å². The number of nitrogens with two attached hydrogens (primary N) is 1. The maximum absolute atomic E-state index is 13.6. The third-order valence-electron chi connectivity index (χ3n) is 5.60. The summed E-state index contributed by atoms with van der Waals surface area (Å²) in [6, 6.07) is 5.75. The van der Waals surface area contributed by atoms with Gasteiger partial charge in [-0.25, -0.2) is 4.68 Å². The zero-order chi connectivity index (χ0) is 23.6. The number of hydrogen-bond acceptors (Lipinski definition) is 6. The van der Waals surface area contributed by atoms with Gasteiger partial charge in [0.2, 0.25) is 17.7 Å². The lowest BCUT2D eigenvalue weighted by Gasteiger charge is -2.34. The summed E-state index contributed by atoms with van der Waals surface area (Å²) in [6.45, 7) is 5.78. The van der Waals surface area contributed by atoms with Gasteiger partial charge in [0.1, 0.15) is 17.8 Å². The van der Waals surface area contributed by atoms with Crippen molar-refractivity contribution in [2.24, 2.45) is 11.1 Å². The van der Waals surface area contributed by atoms with E-state index in [1.165, 1.54) is 16.6 Å². The lowest BCUT2D eigenvalue weighted by molar-refractivity contribution is -0.144. The molecule has 0 aliphatic carbocycles. The molecule has 10 heteroatoms. The molecule has 0 spiro atoms. The highest BCUT2D eigenvalue weighted by Crippen LogP contribution is 2.35. The molecule has 1 aromatic carbocycles. The summed E-state index contributed by atoms with van der Waals surface area (Å²) in [5.74, 6) is -1.09. The Morgan fingerprint density at radius 2 is 1.97 bits per heavy atom. The third-order valence-corrected chi connectivity index (χ3v) is 5.60. The number of nitrogens with one attached hydrogen (secondary N) is 1. The topological polar surface area (TPSA) is 143 Å². The number of primary amides is 1. The molecule has 0 radical (unpaired) electrons. The summed E-state index contributed by atoms with van der Waals surface area (Å²) in [6.07, 6.45) is 1.14. The average Bonchev–Trinajstić information content (AvgIpc) is 3.33. The molecule has 1 aromatic heterocycles. The maximum Gasteiger partial charge on any atom is 0.248 e. The monoisotopic (exact) mass is 442 g/mol. The van der Waals surface area contributed by atoms with Gasteiger partial charge in [0.15, 0.2) is 0 Å². The Bertz CT molecular complexity index is 1010. The Balaban J connectivity index is 1.97. The average molecular weight is 443 g/mol. The van der Waals surface area contributed by atoms with Crippen molar-refractivity contribution < 1.29 is 19.5 Å². The largest absolute Gasteiger partial charge is 0.391 e. The van der Waals surface area contributed by atoms with Crippen LogP contribution in [0.5, 0.6) is 0 Å². The Kier molecular flexibility index (Phi) is 6.63. The molecule has 32 heavy (non-hydrogen) atoms. The Hall–Kier alpha value is -3.27. The van der Waals surface area contributed by atoms with Crippen molar-refractivity contribution in [2.45, 2.75) is 51.8 Å². The van der Waals surface area contributed by atoms with Crippen molar-refractivity contribution >= 4 is 17.7 Å². The van der Waals surface area contributed by atoms with Crippen molar-refractivity contribution in [3.63, 3.8) is 0 Å². The van der Waals surface area contributed by atoms with E-state index >= 15 is 0 Å². The Morgan fingerprint density at radius 3 is 2.59 bits per heavy atom. The molecule has 3 rings (SSSR count). The molecular formula is C22H30N6O4. The summed E-state index contributed by atoms with van der Waals surface area (Å²) >= 11 is 0. The van der Waals surface area contributed by atoms with Crippen LogP contribution in [0.3, 0.4) is 0 Å². The molecule has 3 atom stereocenters. The Morgan fingerprint density at radius 1 is 1.28 bits per heavy atom. The summed E-state index contributed by atoms with van der Waals surface area (Å²) in [4.78, 5) is 38.8. The van der Waals surface area contributed by atoms with Gasteiger partial charge in [0, 0.05) is 25.6 Å². The predicted octanol–water partition coefficient (Wildman–Crippen LogP) is 0.268. The molecule has 1 aliphatic rings. The predicted molar refractivity (Wildman–Crippen MR) is 117 cm³/mol. The van der Waals surface area contributed by atoms with E-state index in [0.29, 0.717) is 16.8 Å². The van der Waals surface area contributed by atoms with Gasteiger partial charge < -0.3 is 21.1 Å². The van der Waals surface area contributed by atoms with Crippen LogP contribution >= 0.6 is 0 Å². The van der Waals surface area contributed by atoms with Crippen LogP contribution in [0, 0.1) is 5.41 Å². The van der Waals surface area contributed by atoms with Gasteiger partial charge in [-0.05, 0) is 11.0 Å². The van der Waals surface area contributed by atoms with Gasteiger partial charge in [0.25, 0.3) is 0 Å². The highest BCUT2D eigenvalue weighted by molar-refractivity contribution is 5.90. The number of benzene rings is 1. The number of hydrogen-bond donors (Lipinski definition) is 3. The van der Waals surface area contributed by atoms with Gasteiger partial charge in [-0.3, -0.25) is 14.4 Å². The number of likely N-dealkylation sites (N-methyl/N-ethyl adjacent to an activating group) is 1. The van der Waals surface area contributed by atoms with Crippen molar-refractivity contribution in [3.8, 4) is 11.3 Å². The lowest BCUT2D eigenvalue weighted by atomic mass is 9.85. The van der Waals surface area contributed by atoms with Gasteiger partial charge in [-0.1, -0.05) is 50.3 Å². The summed E-state index contributed by atoms with van der Waals surface area (Å²) in [5, 5.41) is 21.2. The van der Waals surface area contributed by atoms with Gasteiger partial charge in [0.05, 0.1) is 18.7 Å². The molecule has 2 aromatic rings. The first kappa shape index (κ1) is 23.4. The first-order valence-electron chi connectivity index (χ1n) is 10.5. The van der Waals surface area contributed by atoms with E-state index in [0.717, 1.165) is 0 Å². The van der Waals surface area contributed by atoms with Crippen LogP contribution < -0.4 is 11.1 Å². The van der Waals surface area contributed by atoms with Gasteiger partial charge in [-0.15, -0.1) is 5.10 Å².